The lowest BCUT2D eigenvalue weighted by Crippen LogP contribution is -2.30. The number of unbranched alkanes of at least 4 members (excludes halogenated alkanes) is 27. The number of rotatable bonds is 71. The van der Waals surface area contributed by atoms with Crippen molar-refractivity contribution in [2.75, 3.05) is 39.6 Å². The monoisotopic (exact) mass is 1420 g/mol. The second-order valence-electron chi connectivity index (χ2n) is 25.2. The zero-order valence-electron chi connectivity index (χ0n) is 61.4. The van der Waals surface area contributed by atoms with E-state index in [1.165, 1.54) is 64.2 Å². The molecule has 564 valence electrons. The number of carbonyl (C=O) groups excluding carboxylic acids is 4. The van der Waals surface area contributed by atoms with E-state index in [0.29, 0.717) is 25.7 Å². The first-order valence-electron chi connectivity index (χ1n) is 38.1. The van der Waals surface area contributed by atoms with Gasteiger partial charge in [-0.15, -0.1) is 0 Å². The average molecular weight is 1420 g/mol. The summed E-state index contributed by atoms with van der Waals surface area (Å²) in [5.41, 5.74) is 0. The molecule has 0 heterocycles. The fraction of sp³-hybridized carbons (Fsp3) is 0.722. The first-order valence-corrected chi connectivity index (χ1v) is 41.1. The van der Waals surface area contributed by atoms with Gasteiger partial charge in [-0.3, -0.25) is 37.3 Å². The molecule has 0 spiro atoms. The Morgan fingerprint density at radius 3 is 0.837 bits per heavy atom. The maximum Gasteiger partial charge on any atom is 0.472 e. The normalized spacial score (nSPS) is 14.6. The standard InChI is InChI=1S/C79H136O17P2/c1-5-9-13-17-21-25-29-32-34-36-38-41-44-47-51-55-59-63-76(81)89-69-74(95-78(83)65-61-57-53-49-43-28-24-20-16-12-8-4)71-93-97(85,86)91-67-73(80)68-92-98(87,88)94-72-75(96-79(84)66-62-58-54-50-46-40-31-27-23-19-15-11-7-3)70-90-77(82)64-60-56-52-48-45-42-39-37-35-33-30-26-22-18-14-10-6-2/h9-10,13-14,21-22,25-27,31-35,38-39,41-42,73-75,80H,5-8,11-12,15-20,23-24,28-30,36-37,40,43-72H2,1-4H3,(H,85,86)(H,87,88)/b13-9-,14-10-,25-21-,26-22-,31-27-,34-32-,35-33-,41-38-,42-39-. The van der Waals surface area contributed by atoms with E-state index < -0.39 is 97.5 Å². The number of carbonyl (C=O) groups is 4. The summed E-state index contributed by atoms with van der Waals surface area (Å²) in [5, 5.41) is 10.6. The molecule has 3 N–H and O–H groups in total. The number of allylic oxidation sites excluding steroid dienone is 18. The van der Waals surface area contributed by atoms with Crippen LogP contribution in [0.1, 0.15) is 310 Å². The van der Waals surface area contributed by atoms with Crippen LogP contribution in [-0.4, -0.2) is 96.7 Å². The van der Waals surface area contributed by atoms with Crippen molar-refractivity contribution >= 4 is 39.5 Å². The second-order valence-corrected chi connectivity index (χ2v) is 28.1. The minimum atomic E-state index is -4.98. The molecule has 0 amide bonds. The number of aliphatic hydroxyl groups excluding tert-OH is 1. The number of phosphoric acid groups is 2. The van der Waals surface area contributed by atoms with E-state index in [2.05, 4.69) is 137 Å². The van der Waals surface area contributed by atoms with Crippen molar-refractivity contribution in [1.82, 2.24) is 0 Å². The molecular formula is C79H136O17P2. The Kier molecular flexibility index (Phi) is 68.0. The molecule has 0 aliphatic carbocycles. The van der Waals surface area contributed by atoms with Gasteiger partial charge in [0.1, 0.15) is 19.3 Å². The van der Waals surface area contributed by atoms with Crippen LogP contribution in [0.3, 0.4) is 0 Å². The van der Waals surface area contributed by atoms with Gasteiger partial charge in [0.05, 0.1) is 26.4 Å². The van der Waals surface area contributed by atoms with Gasteiger partial charge in [-0.2, -0.15) is 0 Å². The van der Waals surface area contributed by atoms with E-state index in [9.17, 15) is 43.2 Å². The highest BCUT2D eigenvalue weighted by Crippen LogP contribution is 2.45. The zero-order chi connectivity index (χ0) is 71.8. The summed E-state index contributed by atoms with van der Waals surface area (Å²) in [4.78, 5) is 72.8. The van der Waals surface area contributed by atoms with Crippen molar-refractivity contribution in [3.8, 4) is 0 Å². The van der Waals surface area contributed by atoms with Crippen molar-refractivity contribution in [2.24, 2.45) is 0 Å². The molecule has 0 fully saturated rings. The van der Waals surface area contributed by atoms with Crippen molar-refractivity contribution in [3.05, 3.63) is 109 Å². The van der Waals surface area contributed by atoms with Crippen molar-refractivity contribution in [3.63, 3.8) is 0 Å². The van der Waals surface area contributed by atoms with Crippen LogP contribution in [0.25, 0.3) is 0 Å². The molecule has 17 nitrogen and oxygen atoms in total. The molecule has 98 heavy (non-hydrogen) atoms. The molecule has 0 saturated carbocycles. The number of hydrogen-bond donors (Lipinski definition) is 3. The highest BCUT2D eigenvalue weighted by Gasteiger charge is 2.30. The predicted molar refractivity (Wildman–Crippen MR) is 399 cm³/mol. The molecule has 19 heteroatoms. The molecular weight excluding hydrogens is 1280 g/mol. The molecule has 0 rings (SSSR count). The first kappa shape index (κ1) is 93.7. The fourth-order valence-electron chi connectivity index (χ4n) is 9.96. The molecule has 0 aromatic carbocycles. The topological polar surface area (TPSA) is 237 Å². The van der Waals surface area contributed by atoms with Gasteiger partial charge in [0.25, 0.3) is 0 Å². The van der Waals surface area contributed by atoms with Gasteiger partial charge >= 0.3 is 39.5 Å². The third-order valence-corrected chi connectivity index (χ3v) is 17.6. The summed E-state index contributed by atoms with van der Waals surface area (Å²) in [6, 6.07) is 0. The van der Waals surface area contributed by atoms with Crippen LogP contribution in [0, 0.1) is 0 Å². The largest absolute Gasteiger partial charge is 0.472 e. The zero-order valence-corrected chi connectivity index (χ0v) is 63.2. The van der Waals surface area contributed by atoms with Crippen molar-refractivity contribution in [2.45, 2.75) is 329 Å². The Hall–Kier alpha value is -4.28. The van der Waals surface area contributed by atoms with Crippen LogP contribution >= 0.6 is 15.6 Å². The Morgan fingerprint density at radius 2 is 0.531 bits per heavy atom. The molecule has 0 aliphatic heterocycles. The van der Waals surface area contributed by atoms with E-state index in [1.807, 2.05) is 0 Å². The Morgan fingerprint density at radius 1 is 0.296 bits per heavy atom. The van der Waals surface area contributed by atoms with E-state index in [-0.39, 0.29) is 25.7 Å². The number of hydrogen-bond acceptors (Lipinski definition) is 15. The number of esters is 4. The molecule has 0 bridgehead atoms. The maximum absolute atomic E-state index is 13.1. The smallest absolute Gasteiger partial charge is 0.462 e. The van der Waals surface area contributed by atoms with E-state index in [4.69, 9.17) is 37.0 Å². The van der Waals surface area contributed by atoms with Crippen LogP contribution in [0.5, 0.6) is 0 Å². The van der Waals surface area contributed by atoms with Gasteiger partial charge in [-0.25, -0.2) is 9.13 Å². The summed E-state index contributed by atoms with van der Waals surface area (Å²) in [7, 11) is -9.96. The molecule has 0 radical (unpaired) electrons. The lowest BCUT2D eigenvalue weighted by atomic mass is 10.1. The summed E-state index contributed by atoms with van der Waals surface area (Å²) in [6.45, 7) is 4.57. The van der Waals surface area contributed by atoms with E-state index in [1.54, 1.807) is 0 Å². The van der Waals surface area contributed by atoms with Crippen molar-refractivity contribution in [1.29, 1.82) is 0 Å². The predicted octanol–water partition coefficient (Wildman–Crippen LogP) is 21.8. The molecule has 0 aromatic rings. The Bertz CT molecular complexity index is 2290. The summed E-state index contributed by atoms with van der Waals surface area (Å²) >= 11 is 0. The van der Waals surface area contributed by atoms with Gasteiger partial charge in [0.2, 0.25) is 0 Å². The van der Waals surface area contributed by atoms with Gasteiger partial charge in [-0.05, 0) is 128 Å². The third-order valence-electron chi connectivity index (χ3n) is 15.7. The minimum absolute atomic E-state index is 0.0783. The van der Waals surface area contributed by atoms with Crippen LogP contribution in [-0.2, 0) is 65.4 Å². The van der Waals surface area contributed by atoms with E-state index in [0.717, 1.165) is 167 Å². The number of ether oxygens (including phenoxy) is 4. The highest BCUT2D eigenvalue weighted by atomic mass is 31.2. The second kappa shape index (κ2) is 71.1. The van der Waals surface area contributed by atoms with Gasteiger partial charge in [0, 0.05) is 25.7 Å². The first-order chi connectivity index (χ1) is 47.7. The SMILES string of the molecule is CC/C=C\C/C=C\C/C=C\C/C=C\CCCCCCC(=O)OCC(COP(=O)(O)OCC(O)COP(=O)(O)OCC(COC(=O)CCCCCC/C=C\C/C=C\C/C=C\C/C=C\CC)OC(=O)CCCCCCCCCCCCC)OC(=O)CCCCCCC/C=C\CCCCCC. The fourth-order valence-corrected chi connectivity index (χ4v) is 11.5. The number of aliphatic hydroxyl groups is 1. The third kappa shape index (κ3) is 70.2. The van der Waals surface area contributed by atoms with E-state index >= 15 is 0 Å². The van der Waals surface area contributed by atoms with Crippen LogP contribution in [0.15, 0.2) is 109 Å². The Balaban J connectivity index is 5.35. The maximum atomic E-state index is 13.1. The van der Waals surface area contributed by atoms with Gasteiger partial charge in [-0.1, -0.05) is 265 Å². The average Bonchev–Trinajstić information content (AvgIpc) is 0.973. The summed E-state index contributed by atoms with van der Waals surface area (Å²) < 4.78 is 68.4. The molecule has 0 aromatic heterocycles. The summed E-state index contributed by atoms with van der Waals surface area (Å²) in [6.07, 6.45) is 75.1. The van der Waals surface area contributed by atoms with Crippen LogP contribution in [0.4, 0.5) is 0 Å². The van der Waals surface area contributed by atoms with Gasteiger partial charge < -0.3 is 33.8 Å². The molecule has 0 aliphatic rings. The minimum Gasteiger partial charge on any atom is -0.462 e. The number of phosphoric ester groups is 2. The lowest BCUT2D eigenvalue weighted by Gasteiger charge is -2.21. The van der Waals surface area contributed by atoms with Crippen molar-refractivity contribution < 1.29 is 80.2 Å². The van der Waals surface area contributed by atoms with Crippen LogP contribution in [0.2, 0.25) is 0 Å². The molecule has 5 unspecified atom stereocenters. The van der Waals surface area contributed by atoms with Gasteiger partial charge in [0.15, 0.2) is 12.2 Å². The lowest BCUT2D eigenvalue weighted by molar-refractivity contribution is -0.161. The summed E-state index contributed by atoms with van der Waals surface area (Å²) in [5.74, 6) is -2.23. The molecule has 0 saturated heterocycles. The Labute approximate surface area is 594 Å². The van der Waals surface area contributed by atoms with Crippen LogP contribution < -0.4 is 0 Å². The highest BCUT2D eigenvalue weighted by molar-refractivity contribution is 7.47. The molecule has 5 atom stereocenters. The quantitative estimate of drug-likeness (QED) is 0.0169.